The Morgan fingerprint density at radius 3 is 2.67 bits per heavy atom. The van der Waals surface area contributed by atoms with E-state index >= 15 is 0 Å². The first kappa shape index (κ1) is 13.9. The third-order valence-electron chi connectivity index (χ3n) is 3.97. The Labute approximate surface area is 123 Å². The van der Waals surface area contributed by atoms with E-state index in [-0.39, 0.29) is 12.0 Å². The lowest BCUT2D eigenvalue weighted by Crippen LogP contribution is -2.22. The van der Waals surface area contributed by atoms with Gasteiger partial charge in [0.15, 0.2) is 11.5 Å². The van der Waals surface area contributed by atoms with Crippen LogP contribution in [-0.2, 0) is 0 Å². The minimum Gasteiger partial charge on any atom is -0.493 e. The van der Waals surface area contributed by atoms with E-state index in [2.05, 4.69) is 10.1 Å². The summed E-state index contributed by atoms with van der Waals surface area (Å²) in [6.45, 7) is 0. The maximum absolute atomic E-state index is 6.08. The molecule has 0 saturated heterocycles. The lowest BCUT2D eigenvalue weighted by atomic mass is 10.1. The zero-order valence-electron chi connectivity index (χ0n) is 12.2. The first-order valence-corrected chi connectivity index (χ1v) is 7.04. The molecule has 21 heavy (non-hydrogen) atoms. The van der Waals surface area contributed by atoms with Crippen LogP contribution < -0.4 is 15.2 Å². The number of hydrogen-bond donors (Lipinski definition) is 1. The predicted octanol–water partition coefficient (Wildman–Crippen LogP) is 2.35. The standard InChI is InChI=1S/C15H19N3O3/c1-19-12-7-6-9(8-13(12)20-2)14-17-15(21-18-14)10-4-3-5-11(10)16/h6-8,10-11H,3-5,16H2,1-2H3. The van der Waals surface area contributed by atoms with Crippen molar-refractivity contribution >= 4 is 0 Å². The second-order valence-electron chi connectivity index (χ2n) is 5.23. The Bertz CT molecular complexity index is 626. The molecular formula is C15H19N3O3. The molecule has 1 saturated carbocycles. The summed E-state index contributed by atoms with van der Waals surface area (Å²) in [5.41, 5.74) is 6.91. The molecule has 0 amide bonds. The predicted molar refractivity (Wildman–Crippen MR) is 77.4 cm³/mol. The Morgan fingerprint density at radius 1 is 1.19 bits per heavy atom. The zero-order chi connectivity index (χ0) is 14.8. The smallest absolute Gasteiger partial charge is 0.231 e. The fraction of sp³-hybridized carbons (Fsp3) is 0.467. The van der Waals surface area contributed by atoms with E-state index in [1.807, 2.05) is 18.2 Å². The maximum atomic E-state index is 6.08. The summed E-state index contributed by atoms with van der Waals surface area (Å²) in [6, 6.07) is 5.65. The molecule has 1 heterocycles. The summed E-state index contributed by atoms with van der Waals surface area (Å²) in [5, 5.41) is 4.06. The highest BCUT2D eigenvalue weighted by atomic mass is 16.5. The van der Waals surface area contributed by atoms with Crippen LogP contribution in [0.15, 0.2) is 22.7 Å². The van der Waals surface area contributed by atoms with Gasteiger partial charge in [0.2, 0.25) is 11.7 Å². The molecule has 0 bridgehead atoms. The average molecular weight is 289 g/mol. The molecule has 2 aromatic rings. The van der Waals surface area contributed by atoms with Crippen LogP contribution in [0.25, 0.3) is 11.4 Å². The molecule has 112 valence electrons. The number of aromatic nitrogens is 2. The Balaban J connectivity index is 1.89. The molecule has 2 N–H and O–H groups in total. The third-order valence-corrected chi connectivity index (χ3v) is 3.97. The normalized spacial score (nSPS) is 21.5. The van der Waals surface area contributed by atoms with Crippen molar-refractivity contribution in [1.29, 1.82) is 0 Å². The van der Waals surface area contributed by atoms with Crippen molar-refractivity contribution < 1.29 is 14.0 Å². The Morgan fingerprint density at radius 2 is 2.00 bits per heavy atom. The first-order valence-electron chi connectivity index (χ1n) is 7.04. The first-order chi connectivity index (χ1) is 10.2. The lowest BCUT2D eigenvalue weighted by Gasteiger charge is -2.09. The lowest BCUT2D eigenvalue weighted by molar-refractivity contribution is 0.345. The van der Waals surface area contributed by atoms with Gasteiger partial charge in [0.05, 0.1) is 20.1 Å². The van der Waals surface area contributed by atoms with E-state index < -0.39 is 0 Å². The highest BCUT2D eigenvalue weighted by Gasteiger charge is 2.30. The molecule has 2 atom stereocenters. The molecule has 3 rings (SSSR count). The van der Waals surface area contributed by atoms with E-state index in [0.717, 1.165) is 24.8 Å². The van der Waals surface area contributed by atoms with Crippen molar-refractivity contribution in [3.8, 4) is 22.9 Å². The summed E-state index contributed by atoms with van der Waals surface area (Å²) >= 11 is 0. The van der Waals surface area contributed by atoms with Crippen LogP contribution in [-0.4, -0.2) is 30.4 Å². The number of benzene rings is 1. The second kappa shape index (κ2) is 5.73. The maximum Gasteiger partial charge on any atom is 0.231 e. The highest BCUT2D eigenvalue weighted by Crippen LogP contribution is 2.35. The van der Waals surface area contributed by atoms with Crippen molar-refractivity contribution in [2.24, 2.45) is 5.73 Å². The van der Waals surface area contributed by atoms with Crippen LogP contribution in [0.2, 0.25) is 0 Å². The van der Waals surface area contributed by atoms with Gasteiger partial charge in [0.1, 0.15) is 0 Å². The van der Waals surface area contributed by atoms with Crippen LogP contribution >= 0.6 is 0 Å². The fourth-order valence-corrected chi connectivity index (χ4v) is 2.77. The largest absolute Gasteiger partial charge is 0.493 e. The molecule has 1 aliphatic carbocycles. The van der Waals surface area contributed by atoms with Gasteiger partial charge in [0, 0.05) is 11.6 Å². The number of ether oxygens (including phenoxy) is 2. The van der Waals surface area contributed by atoms with Crippen molar-refractivity contribution in [3.05, 3.63) is 24.1 Å². The Hall–Kier alpha value is -2.08. The van der Waals surface area contributed by atoms with Gasteiger partial charge in [0.25, 0.3) is 0 Å². The van der Waals surface area contributed by atoms with Gasteiger partial charge < -0.3 is 19.7 Å². The van der Waals surface area contributed by atoms with Crippen molar-refractivity contribution in [1.82, 2.24) is 10.1 Å². The molecule has 1 fully saturated rings. The van der Waals surface area contributed by atoms with E-state index in [1.54, 1.807) is 14.2 Å². The van der Waals surface area contributed by atoms with Crippen LogP contribution in [0, 0.1) is 0 Å². The van der Waals surface area contributed by atoms with E-state index in [4.69, 9.17) is 19.7 Å². The molecule has 0 aliphatic heterocycles. The summed E-state index contributed by atoms with van der Waals surface area (Å²) in [7, 11) is 3.20. The molecule has 1 aliphatic rings. The molecule has 1 aromatic heterocycles. The summed E-state index contributed by atoms with van der Waals surface area (Å²) < 4.78 is 15.9. The molecule has 6 nitrogen and oxygen atoms in total. The fourth-order valence-electron chi connectivity index (χ4n) is 2.77. The number of nitrogens with zero attached hydrogens (tertiary/aromatic N) is 2. The third kappa shape index (κ3) is 2.58. The number of rotatable bonds is 4. The quantitative estimate of drug-likeness (QED) is 0.930. The van der Waals surface area contributed by atoms with Crippen molar-refractivity contribution in [3.63, 3.8) is 0 Å². The van der Waals surface area contributed by atoms with Crippen LogP contribution in [0.1, 0.15) is 31.1 Å². The van der Waals surface area contributed by atoms with E-state index in [0.29, 0.717) is 23.2 Å². The molecule has 6 heteroatoms. The second-order valence-corrected chi connectivity index (χ2v) is 5.23. The highest BCUT2D eigenvalue weighted by molar-refractivity contribution is 5.60. The SMILES string of the molecule is COc1ccc(-c2noc(C3CCCC3N)n2)cc1OC. The zero-order valence-corrected chi connectivity index (χ0v) is 12.2. The van der Waals surface area contributed by atoms with Crippen LogP contribution in [0.3, 0.4) is 0 Å². The minimum absolute atomic E-state index is 0.115. The molecular weight excluding hydrogens is 270 g/mol. The topological polar surface area (TPSA) is 83.4 Å². The van der Waals surface area contributed by atoms with E-state index in [1.165, 1.54) is 0 Å². The molecule has 2 unspecified atom stereocenters. The van der Waals surface area contributed by atoms with Crippen LogP contribution in [0.5, 0.6) is 11.5 Å². The van der Waals surface area contributed by atoms with Gasteiger partial charge >= 0.3 is 0 Å². The van der Waals surface area contributed by atoms with Gasteiger partial charge in [-0.25, -0.2) is 0 Å². The van der Waals surface area contributed by atoms with Crippen molar-refractivity contribution in [2.75, 3.05) is 14.2 Å². The van der Waals surface area contributed by atoms with Crippen molar-refractivity contribution in [2.45, 2.75) is 31.2 Å². The number of nitrogens with two attached hydrogens (primary N) is 1. The monoisotopic (exact) mass is 289 g/mol. The Kier molecular flexibility index (Phi) is 3.79. The van der Waals surface area contributed by atoms with Crippen LogP contribution in [0.4, 0.5) is 0 Å². The van der Waals surface area contributed by atoms with Gasteiger partial charge in [-0.15, -0.1) is 0 Å². The number of hydrogen-bond acceptors (Lipinski definition) is 6. The van der Waals surface area contributed by atoms with Gasteiger partial charge in [-0.1, -0.05) is 11.6 Å². The van der Waals surface area contributed by atoms with E-state index in [9.17, 15) is 0 Å². The van der Waals surface area contributed by atoms with Gasteiger partial charge in [-0.3, -0.25) is 0 Å². The number of methoxy groups -OCH3 is 2. The molecule has 0 radical (unpaired) electrons. The summed E-state index contributed by atoms with van der Waals surface area (Å²) in [6.07, 6.45) is 3.13. The summed E-state index contributed by atoms with van der Waals surface area (Å²) in [5.74, 6) is 2.66. The summed E-state index contributed by atoms with van der Waals surface area (Å²) in [4.78, 5) is 4.49. The molecule has 0 spiro atoms. The molecule has 1 aromatic carbocycles. The average Bonchev–Trinajstić information content (AvgIpc) is 3.15. The minimum atomic E-state index is 0.115. The van der Waals surface area contributed by atoms with Gasteiger partial charge in [-0.05, 0) is 31.0 Å². The van der Waals surface area contributed by atoms with Gasteiger partial charge in [-0.2, -0.15) is 4.98 Å².